The number of rotatable bonds is 4. The third-order valence-corrected chi connectivity index (χ3v) is 3.13. The van der Waals surface area contributed by atoms with Gasteiger partial charge in [0.15, 0.2) is 0 Å². The van der Waals surface area contributed by atoms with Gasteiger partial charge in [0.1, 0.15) is 5.75 Å². The minimum absolute atomic E-state index is 0.0399. The molecule has 1 heterocycles. The first-order valence-electron chi connectivity index (χ1n) is 5.74. The molecule has 1 saturated heterocycles. The fourth-order valence-corrected chi connectivity index (χ4v) is 2.09. The standard InChI is InChI=1S/C14H18O2/c1-4-14(9-10-15-14)12-5-7-13(8-6-12)16-11(2)3/h5-8H,2,4,9-10H2,1,3H3. The average Bonchev–Trinajstić information content (AvgIpc) is 2.19. The van der Waals surface area contributed by atoms with Crippen LogP contribution in [0.3, 0.4) is 0 Å². The number of hydrogen-bond acceptors (Lipinski definition) is 2. The van der Waals surface area contributed by atoms with Crippen molar-refractivity contribution in [2.24, 2.45) is 0 Å². The summed E-state index contributed by atoms with van der Waals surface area (Å²) >= 11 is 0. The van der Waals surface area contributed by atoms with Crippen molar-refractivity contribution in [3.63, 3.8) is 0 Å². The van der Waals surface area contributed by atoms with Gasteiger partial charge in [-0.05, 0) is 31.0 Å². The van der Waals surface area contributed by atoms with E-state index in [0.717, 1.165) is 25.2 Å². The van der Waals surface area contributed by atoms with Gasteiger partial charge in [-0.2, -0.15) is 0 Å². The van der Waals surface area contributed by atoms with Crippen LogP contribution in [0.15, 0.2) is 36.6 Å². The van der Waals surface area contributed by atoms with E-state index >= 15 is 0 Å². The van der Waals surface area contributed by atoms with E-state index in [9.17, 15) is 0 Å². The van der Waals surface area contributed by atoms with Crippen molar-refractivity contribution in [3.05, 3.63) is 42.2 Å². The molecule has 2 rings (SSSR count). The van der Waals surface area contributed by atoms with E-state index in [0.29, 0.717) is 5.76 Å². The predicted molar refractivity (Wildman–Crippen MR) is 64.4 cm³/mol. The summed E-state index contributed by atoms with van der Waals surface area (Å²) in [5, 5.41) is 0. The minimum atomic E-state index is -0.0399. The first kappa shape index (κ1) is 11.2. The highest BCUT2D eigenvalue weighted by atomic mass is 16.5. The highest BCUT2D eigenvalue weighted by Gasteiger charge is 2.38. The van der Waals surface area contributed by atoms with E-state index in [1.54, 1.807) is 0 Å². The van der Waals surface area contributed by atoms with E-state index < -0.39 is 0 Å². The monoisotopic (exact) mass is 218 g/mol. The second kappa shape index (κ2) is 4.30. The summed E-state index contributed by atoms with van der Waals surface area (Å²) < 4.78 is 11.1. The molecule has 1 fully saturated rings. The van der Waals surface area contributed by atoms with Crippen LogP contribution in [-0.2, 0) is 10.3 Å². The Morgan fingerprint density at radius 3 is 2.44 bits per heavy atom. The summed E-state index contributed by atoms with van der Waals surface area (Å²) in [7, 11) is 0. The largest absolute Gasteiger partial charge is 0.463 e. The van der Waals surface area contributed by atoms with Gasteiger partial charge in [-0.15, -0.1) is 0 Å². The Morgan fingerprint density at radius 1 is 1.44 bits per heavy atom. The van der Waals surface area contributed by atoms with Crippen LogP contribution < -0.4 is 4.74 Å². The number of hydrogen-bond donors (Lipinski definition) is 0. The number of ether oxygens (including phenoxy) is 2. The molecule has 0 aliphatic carbocycles. The lowest BCUT2D eigenvalue weighted by atomic mass is 9.84. The summed E-state index contributed by atoms with van der Waals surface area (Å²) in [4.78, 5) is 0. The van der Waals surface area contributed by atoms with Crippen molar-refractivity contribution in [1.82, 2.24) is 0 Å². The molecule has 0 N–H and O–H groups in total. The molecule has 2 heteroatoms. The maximum atomic E-state index is 5.72. The molecule has 1 aromatic rings. The smallest absolute Gasteiger partial charge is 0.126 e. The van der Waals surface area contributed by atoms with E-state index in [1.807, 2.05) is 19.1 Å². The Balaban J connectivity index is 2.15. The average molecular weight is 218 g/mol. The van der Waals surface area contributed by atoms with Crippen LogP contribution in [0, 0.1) is 0 Å². The topological polar surface area (TPSA) is 18.5 Å². The quantitative estimate of drug-likeness (QED) is 0.718. The molecular weight excluding hydrogens is 200 g/mol. The zero-order valence-corrected chi connectivity index (χ0v) is 9.95. The number of allylic oxidation sites excluding steroid dienone is 1. The van der Waals surface area contributed by atoms with Crippen LogP contribution in [0.1, 0.15) is 32.3 Å². The number of benzene rings is 1. The van der Waals surface area contributed by atoms with Gasteiger partial charge in [0, 0.05) is 6.42 Å². The SMILES string of the molecule is C=C(C)Oc1ccc(C2(CC)CCO2)cc1. The van der Waals surface area contributed by atoms with Crippen molar-refractivity contribution < 1.29 is 9.47 Å². The maximum absolute atomic E-state index is 5.72. The summed E-state index contributed by atoms with van der Waals surface area (Å²) in [5.74, 6) is 1.54. The van der Waals surface area contributed by atoms with Crippen LogP contribution in [0.4, 0.5) is 0 Å². The van der Waals surface area contributed by atoms with Crippen LogP contribution in [0.5, 0.6) is 5.75 Å². The molecule has 0 amide bonds. The second-order valence-electron chi connectivity index (χ2n) is 4.27. The molecule has 2 nitrogen and oxygen atoms in total. The molecular formula is C14H18O2. The Hall–Kier alpha value is -1.28. The lowest BCUT2D eigenvalue weighted by Crippen LogP contribution is -2.40. The van der Waals surface area contributed by atoms with Crippen molar-refractivity contribution in [2.75, 3.05) is 6.61 Å². The van der Waals surface area contributed by atoms with E-state index in [2.05, 4.69) is 25.6 Å². The molecule has 0 saturated carbocycles. The molecule has 1 unspecified atom stereocenters. The molecule has 86 valence electrons. The zero-order chi connectivity index (χ0) is 11.6. The molecule has 0 radical (unpaired) electrons. The summed E-state index contributed by atoms with van der Waals surface area (Å²) in [6.45, 7) is 8.60. The van der Waals surface area contributed by atoms with Gasteiger partial charge in [0.2, 0.25) is 0 Å². The fourth-order valence-electron chi connectivity index (χ4n) is 2.09. The summed E-state index contributed by atoms with van der Waals surface area (Å²) in [6.07, 6.45) is 2.14. The van der Waals surface area contributed by atoms with Gasteiger partial charge >= 0.3 is 0 Å². The van der Waals surface area contributed by atoms with E-state index in [-0.39, 0.29) is 5.60 Å². The van der Waals surface area contributed by atoms with Gasteiger partial charge in [0.05, 0.1) is 18.0 Å². The molecule has 16 heavy (non-hydrogen) atoms. The van der Waals surface area contributed by atoms with Crippen LogP contribution >= 0.6 is 0 Å². The van der Waals surface area contributed by atoms with Gasteiger partial charge < -0.3 is 9.47 Å². The molecule has 1 aliphatic rings. The van der Waals surface area contributed by atoms with E-state index in [4.69, 9.17) is 9.47 Å². The lowest BCUT2D eigenvalue weighted by Gasteiger charge is -2.41. The van der Waals surface area contributed by atoms with Crippen molar-refractivity contribution in [2.45, 2.75) is 32.3 Å². The van der Waals surface area contributed by atoms with Gasteiger partial charge in [-0.1, -0.05) is 25.6 Å². The second-order valence-corrected chi connectivity index (χ2v) is 4.27. The third kappa shape index (κ3) is 1.98. The molecule has 0 spiro atoms. The Bertz CT molecular complexity index is 369. The Morgan fingerprint density at radius 2 is 2.06 bits per heavy atom. The first-order chi connectivity index (χ1) is 7.66. The van der Waals surface area contributed by atoms with Gasteiger partial charge in [-0.25, -0.2) is 0 Å². The molecule has 1 aliphatic heterocycles. The predicted octanol–water partition coefficient (Wildman–Crippen LogP) is 3.62. The van der Waals surface area contributed by atoms with Gasteiger partial charge in [-0.3, -0.25) is 0 Å². The molecule has 0 aromatic heterocycles. The summed E-state index contributed by atoms with van der Waals surface area (Å²) in [6, 6.07) is 8.12. The normalized spacial score (nSPS) is 23.6. The Labute approximate surface area is 96.9 Å². The fraction of sp³-hybridized carbons (Fsp3) is 0.429. The lowest BCUT2D eigenvalue weighted by molar-refractivity contribution is -0.156. The maximum Gasteiger partial charge on any atom is 0.126 e. The third-order valence-electron chi connectivity index (χ3n) is 3.13. The highest BCUT2D eigenvalue weighted by Crippen LogP contribution is 2.40. The van der Waals surface area contributed by atoms with E-state index in [1.165, 1.54) is 5.56 Å². The van der Waals surface area contributed by atoms with Crippen molar-refractivity contribution in [3.8, 4) is 5.75 Å². The van der Waals surface area contributed by atoms with Crippen LogP contribution in [0.25, 0.3) is 0 Å². The minimum Gasteiger partial charge on any atom is -0.463 e. The van der Waals surface area contributed by atoms with Crippen LogP contribution in [0.2, 0.25) is 0 Å². The summed E-state index contributed by atoms with van der Waals surface area (Å²) in [5.41, 5.74) is 1.21. The zero-order valence-electron chi connectivity index (χ0n) is 9.95. The first-order valence-corrected chi connectivity index (χ1v) is 5.74. The highest BCUT2D eigenvalue weighted by molar-refractivity contribution is 5.32. The van der Waals surface area contributed by atoms with Gasteiger partial charge in [0.25, 0.3) is 0 Å². The molecule has 1 aromatic carbocycles. The van der Waals surface area contributed by atoms with Crippen molar-refractivity contribution in [1.29, 1.82) is 0 Å². The van der Waals surface area contributed by atoms with Crippen LogP contribution in [-0.4, -0.2) is 6.61 Å². The Kier molecular flexibility index (Phi) is 3.01. The molecule has 0 bridgehead atoms. The van der Waals surface area contributed by atoms with Crippen molar-refractivity contribution >= 4 is 0 Å². The molecule has 1 atom stereocenters.